The summed E-state index contributed by atoms with van der Waals surface area (Å²) in [5.41, 5.74) is 5.13. The molecule has 1 heterocycles. The predicted molar refractivity (Wildman–Crippen MR) is 178 cm³/mol. The zero-order chi connectivity index (χ0) is 31.4. The summed E-state index contributed by atoms with van der Waals surface area (Å²) in [5, 5.41) is 13.6. The van der Waals surface area contributed by atoms with E-state index in [0.29, 0.717) is 26.4 Å². The molecule has 0 bridgehead atoms. The maximum Gasteiger partial charge on any atom is 0.108 e. The molecule has 1 saturated heterocycles. The van der Waals surface area contributed by atoms with Crippen LogP contribution < -0.4 is 0 Å². The molecule has 0 amide bonds. The smallest absolute Gasteiger partial charge is 0.108 e. The van der Waals surface area contributed by atoms with Crippen LogP contribution in [0.2, 0.25) is 0 Å². The van der Waals surface area contributed by atoms with E-state index < -0.39 is 30.4 Å². The van der Waals surface area contributed by atoms with E-state index in [-0.39, 0.29) is 6.61 Å². The van der Waals surface area contributed by atoms with Gasteiger partial charge in [0.25, 0.3) is 0 Å². The lowest BCUT2D eigenvalue weighted by atomic mass is 9.99. The topological polar surface area (TPSA) is 60.4 Å². The first-order valence-electron chi connectivity index (χ1n) is 15.9. The highest BCUT2D eigenvalue weighted by Crippen LogP contribution is 2.41. The minimum Gasteiger partial charge on any atom is -0.374 e. The van der Waals surface area contributed by atoms with Crippen molar-refractivity contribution < 1.29 is 24.2 Å². The molecule has 0 spiro atoms. The average molecular weight is 616 g/mol. The van der Waals surface area contributed by atoms with Crippen molar-refractivity contribution in [1.29, 1.82) is 0 Å². The molecule has 6 rings (SSSR count). The van der Waals surface area contributed by atoms with Crippen LogP contribution in [0.3, 0.4) is 0 Å². The van der Waals surface area contributed by atoms with Gasteiger partial charge in [-0.25, -0.2) is 0 Å². The molecular formula is C40H41NO5. The van der Waals surface area contributed by atoms with Gasteiger partial charge in [-0.2, -0.15) is 5.06 Å². The second kappa shape index (κ2) is 16.4. The molecule has 5 aromatic rings. The number of benzene rings is 5. The van der Waals surface area contributed by atoms with Crippen molar-refractivity contribution in [2.45, 2.75) is 56.8 Å². The first kappa shape index (κ1) is 31.8. The van der Waals surface area contributed by atoms with E-state index in [0.717, 1.165) is 27.8 Å². The Balaban J connectivity index is 1.33. The molecule has 1 N–H and O–H groups in total. The lowest BCUT2D eigenvalue weighted by Gasteiger charge is -2.32. The molecule has 1 aliphatic heterocycles. The van der Waals surface area contributed by atoms with Gasteiger partial charge in [0, 0.05) is 0 Å². The fourth-order valence-corrected chi connectivity index (χ4v) is 6.04. The highest BCUT2D eigenvalue weighted by Gasteiger charge is 2.54. The zero-order valence-corrected chi connectivity index (χ0v) is 25.9. The molecule has 5 atom stereocenters. The van der Waals surface area contributed by atoms with Crippen LogP contribution >= 0.6 is 0 Å². The summed E-state index contributed by atoms with van der Waals surface area (Å²) in [4.78, 5) is 0. The molecule has 6 heteroatoms. The third-order valence-electron chi connectivity index (χ3n) is 8.36. The molecule has 6 nitrogen and oxygen atoms in total. The van der Waals surface area contributed by atoms with Gasteiger partial charge in [-0.15, -0.1) is 0 Å². The lowest BCUT2D eigenvalue weighted by Crippen LogP contribution is -2.49. The molecule has 46 heavy (non-hydrogen) atoms. The Morgan fingerprint density at radius 3 is 1.41 bits per heavy atom. The summed E-state index contributed by atoms with van der Waals surface area (Å²) < 4.78 is 26.4. The summed E-state index contributed by atoms with van der Waals surface area (Å²) >= 11 is 0. The summed E-state index contributed by atoms with van der Waals surface area (Å²) in [6, 6.07) is 49.2. The van der Waals surface area contributed by atoms with E-state index >= 15 is 0 Å². The minimum atomic E-state index is -0.589. The van der Waals surface area contributed by atoms with Gasteiger partial charge in [-0.1, -0.05) is 152 Å². The van der Waals surface area contributed by atoms with Gasteiger partial charge in [0.05, 0.1) is 45.1 Å². The quantitative estimate of drug-likeness (QED) is 0.130. The van der Waals surface area contributed by atoms with Crippen molar-refractivity contribution in [3.8, 4) is 0 Å². The molecule has 0 aliphatic carbocycles. The molecule has 1 aliphatic rings. The van der Waals surface area contributed by atoms with E-state index in [1.54, 1.807) is 0 Å². The Morgan fingerprint density at radius 2 is 0.913 bits per heavy atom. The Hall–Kier alpha value is -4.14. The highest BCUT2D eigenvalue weighted by molar-refractivity contribution is 5.25. The van der Waals surface area contributed by atoms with Crippen LogP contribution in [0.4, 0.5) is 0 Å². The van der Waals surface area contributed by atoms with Gasteiger partial charge in [0.1, 0.15) is 18.3 Å². The van der Waals surface area contributed by atoms with Gasteiger partial charge in [-0.3, -0.25) is 0 Å². The standard InChI is InChI=1S/C40H41NO5/c42-41-37(35-24-14-5-15-25-35)39(45-28-33-20-10-3-11-21-33)40(46-29-34-22-12-4-13-23-34)38(41)36(44-27-32-18-8-2-9-19-32)30-43-26-31-16-6-1-7-17-31/h1-25,36-40,42H,26-30H2/t36?,37-,38+,39-,40-/m0/s1. The predicted octanol–water partition coefficient (Wildman–Crippen LogP) is 7.77. The van der Waals surface area contributed by atoms with E-state index in [1.807, 2.05) is 152 Å². The SMILES string of the molecule is ON1[C@H](C(COCc2ccccc2)OCc2ccccc2)[C@H](OCc2ccccc2)[C@@H](OCc2ccccc2)[C@@H]1c1ccccc1. The van der Waals surface area contributed by atoms with Gasteiger partial charge < -0.3 is 24.2 Å². The Labute approximate surface area is 271 Å². The van der Waals surface area contributed by atoms with Crippen LogP contribution in [-0.4, -0.2) is 41.2 Å². The van der Waals surface area contributed by atoms with Gasteiger partial charge in [0.15, 0.2) is 0 Å². The second-order valence-electron chi connectivity index (χ2n) is 11.6. The van der Waals surface area contributed by atoms with E-state index in [4.69, 9.17) is 18.9 Å². The monoisotopic (exact) mass is 615 g/mol. The molecule has 1 fully saturated rings. The largest absolute Gasteiger partial charge is 0.374 e. The Morgan fingerprint density at radius 1 is 0.500 bits per heavy atom. The summed E-state index contributed by atoms with van der Waals surface area (Å²) in [7, 11) is 0. The van der Waals surface area contributed by atoms with Gasteiger partial charge in [0.2, 0.25) is 0 Å². The van der Waals surface area contributed by atoms with Crippen molar-refractivity contribution in [2.75, 3.05) is 6.61 Å². The summed E-state index contributed by atoms with van der Waals surface area (Å²) in [6.45, 7) is 1.78. The van der Waals surface area contributed by atoms with Crippen molar-refractivity contribution in [2.24, 2.45) is 0 Å². The molecule has 1 unspecified atom stereocenters. The number of nitrogens with zero attached hydrogens (tertiary/aromatic N) is 1. The Bertz CT molecular complexity index is 1560. The van der Waals surface area contributed by atoms with Crippen molar-refractivity contribution in [3.05, 3.63) is 179 Å². The minimum absolute atomic E-state index is 0.252. The molecule has 0 aromatic heterocycles. The van der Waals surface area contributed by atoms with Crippen molar-refractivity contribution in [1.82, 2.24) is 5.06 Å². The highest BCUT2D eigenvalue weighted by atomic mass is 16.6. The number of hydrogen-bond acceptors (Lipinski definition) is 6. The summed E-state index contributed by atoms with van der Waals surface area (Å²) in [5.74, 6) is 0. The fraction of sp³-hybridized carbons (Fsp3) is 0.250. The van der Waals surface area contributed by atoms with Gasteiger partial charge >= 0.3 is 0 Å². The molecular weight excluding hydrogens is 574 g/mol. The average Bonchev–Trinajstić information content (AvgIpc) is 3.40. The third-order valence-corrected chi connectivity index (χ3v) is 8.36. The first-order valence-corrected chi connectivity index (χ1v) is 15.9. The molecule has 5 aromatic carbocycles. The van der Waals surface area contributed by atoms with Crippen LogP contribution in [0.25, 0.3) is 0 Å². The number of ether oxygens (including phenoxy) is 4. The summed E-state index contributed by atoms with van der Waals surface area (Å²) in [6.07, 6.45) is -1.58. The van der Waals surface area contributed by atoms with Crippen LogP contribution in [0.1, 0.15) is 33.9 Å². The maximum absolute atomic E-state index is 12.2. The molecule has 0 radical (unpaired) electrons. The van der Waals surface area contributed by atoms with Crippen LogP contribution in [-0.2, 0) is 45.4 Å². The normalized spacial score (nSPS) is 20.5. The second-order valence-corrected chi connectivity index (χ2v) is 11.6. The first-order chi connectivity index (χ1) is 22.8. The maximum atomic E-state index is 12.2. The lowest BCUT2D eigenvalue weighted by molar-refractivity contribution is -0.196. The number of rotatable bonds is 15. The van der Waals surface area contributed by atoms with Gasteiger partial charge in [-0.05, 0) is 27.8 Å². The van der Waals surface area contributed by atoms with E-state index in [1.165, 1.54) is 5.06 Å². The van der Waals surface area contributed by atoms with Crippen LogP contribution in [0, 0.1) is 0 Å². The van der Waals surface area contributed by atoms with E-state index in [9.17, 15) is 5.21 Å². The van der Waals surface area contributed by atoms with Crippen LogP contribution in [0.15, 0.2) is 152 Å². The van der Waals surface area contributed by atoms with Crippen molar-refractivity contribution >= 4 is 0 Å². The molecule has 0 saturated carbocycles. The Kier molecular flexibility index (Phi) is 11.4. The third kappa shape index (κ3) is 8.36. The van der Waals surface area contributed by atoms with E-state index in [2.05, 4.69) is 0 Å². The fourth-order valence-electron chi connectivity index (χ4n) is 6.04. The number of hydrogen-bond donors (Lipinski definition) is 1. The zero-order valence-electron chi connectivity index (χ0n) is 25.9. The number of hydroxylamine groups is 2. The van der Waals surface area contributed by atoms with Crippen LogP contribution in [0.5, 0.6) is 0 Å². The molecule has 236 valence electrons. The van der Waals surface area contributed by atoms with Crippen molar-refractivity contribution in [3.63, 3.8) is 0 Å².